The van der Waals surface area contributed by atoms with Crippen molar-refractivity contribution in [2.45, 2.75) is 6.54 Å². The molecule has 0 radical (unpaired) electrons. The molecule has 0 saturated heterocycles. The number of aromatic nitrogens is 5. The first-order valence-electron chi connectivity index (χ1n) is 12.6. The lowest BCUT2D eigenvalue weighted by Crippen LogP contribution is -2.27. The summed E-state index contributed by atoms with van der Waals surface area (Å²) < 4.78 is 21.4. The number of nitrogens with zero attached hydrogens (tertiary/aromatic N) is 6. The zero-order chi connectivity index (χ0) is 28.2. The number of benzene rings is 2. The van der Waals surface area contributed by atoms with Gasteiger partial charge in [-0.15, -0.1) is 0 Å². The van der Waals surface area contributed by atoms with Gasteiger partial charge < -0.3 is 25.3 Å². The standard InChI is InChI=1S/C29H29FN8O2/c1-37(2)13-14-40-24-5-4-12-32-22(24)16-33-29(39)27-28(31)36-25(18-6-9-20(30)10-7-18)26(35-27)19-8-11-21-23(15-19)38(3)17-34-21/h4-12,15,17H,13-14,16H2,1-3H3,(H2,31,36)(H,33,39). The molecule has 0 fully saturated rings. The summed E-state index contributed by atoms with van der Waals surface area (Å²) in [5.41, 5.74) is 10.7. The molecule has 3 N–H and O–H groups in total. The molecule has 40 heavy (non-hydrogen) atoms. The summed E-state index contributed by atoms with van der Waals surface area (Å²) in [6.45, 7) is 1.32. The minimum atomic E-state index is -0.511. The number of pyridine rings is 1. The van der Waals surface area contributed by atoms with Crippen molar-refractivity contribution >= 4 is 22.8 Å². The molecule has 10 nitrogen and oxygen atoms in total. The third-order valence-electron chi connectivity index (χ3n) is 6.32. The Morgan fingerprint density at radius 2 is 1.80 bits per heavy atom. The normalized spacial score (nSPS) is 11.2. The Hall–Kier alpha value is -4.90. The zero-order valence-corrected chi connectivity index (χ0v) is 22.4. The fraction of sp³-hybridized carbons (Fsp3) is 0.207. The number of rotatable bonds is 9. The molecular weight excluding hydrogens is 511 g/mol. The van der Waals surface area contributed by atoms with Crippen LogP contribution in [0.15, 0.2) is 67.1 Å². The zero-order valence-electron chi connectivity index (χ0n) is 22.4. The summed E-state index contributed by atoms with van der Waals surface area (Å²) in [6, 6.07) is 15.1. The number of hydrogen-bond acceptors (Lipinski definition) is 8. The fourth-order valence-corrected chi connectivity index (χ4v) is 4.17. The summed E-state index contributed by atoms with van der Waals surface area (Å²) in [5, 5.41) is 2.84. The van der Waals surface area contributed by atoms with E-state index in [1.165, 1.54) is 12.1 Å². The first-order valence-corrected chi connectivity index (χ1v) is 12.6. The number of fused-ring (bicyclic) bond motifs is 1. The van der Waals surface area contributed by atoms with E-state index in [0.29, 0.717) is 40.6 Å². The predicted molar refractivity (Wildman–Crippen MR) is 151 cm³/mol. The highest BCUT2D eigenvalue weighted by Crippen LogP contribution is 2.32. The third-order valence-corrected chi connectivity index (χ3v) is 6.32. The van der Waals surface area contributed by atoms with Gasteiger partial charge in [0.25, 0.3) is 5.91 Å². The monoisotopic (exact) mass is 540 g/mol. The molecule has 5 rings (SSSR count). The van der Waals surface area contributed by atoms with E-state index in [1.54, 1.807) is 30.7 Å². The van der Waals surface area contributed by atoms with Gasteiger partial charge in [-0.05, 0) is 62.6 Å². The first-order chi connectivity index (χ1) is 19.3. The van der Waals surface area contributed by atoms with Gasteiger partial charge in [-0.2, -0.15) is 0 Å². The van der Waals surface area contributed by atoms with Crippen LogP contribution in [0.1, 0.15) is 16.2 Å². The fourth-order valence-electron chi connectivity index (χ4n) is 4.17. The Balaban J connectivity index is 1.48. The van der Waals surface area contributed by atoms with Gasteiger partial charge in [0.05, 0.1) is 35.3 Å². The molecule has 3 aromatic heterocycles. The van der Waals surface area contributed by atoms with Crippen LogP contribution < -0.4 is 15.8 Å². The molecule has 0 saturated carbocycles. The topological polar surface area (TPSA) is 124 Å². The van der Waals surface area contributed by atoms with Gasteiger partial charge >= 0.3 is 0 Å². The number of imidazole rings is 1. The van der Waals surface area contributed by atoms with Crippen molar-refractivity contribution in [3.63, 3.8) is 0 Å². The van der Waals surface area contributed by atoms with Crippen molar-refractivity contribution in [2.75, 3.05) is 33.0 Å². The lowest BCUT2D eigenvalue weighted by molar-refractivity contribution is 0.0946. The molecule has 0 aliphatic carbocycles. The SMILES string of the molecule is CN(C)CCOc1cccnc1CNC(=O)c1nc(-c2ccc3ncn(C)c3c2)c(-c2ccc(F)cc2)nc1N. The average Bonchev–Trinajstić information content (AvgIpc) is 3.32. The highest BCUT2D eigenvalue weighted by Gasteiger charge is 2.21. The molecule has 0 atom stereocenters. The largest absolute Gasteiger partial charge is 0.490 e. The second-order valence-corrected chi connectivity index (χ2v) is 9.50. The van der Waals surface area contributed by atoms with Crippen LogP contribution in [0.5, 0.6) is 5.75 Å². The van der Waals surface area contributed by atoms with Crippen molar-refractivity contribution in [3.05, 3.63) is 84.3 Å². The number of halogens is 1. The number of nitrogens with one attached hydrogen (secondary N) is 1. The highest BCUT2D eigenvalue weighted by molar-refractivity contribution is 5.98. The van der Waals surface area contributed by atoms with Gasteiger partial charge in [0, 0.05) is 30.9 Å². The van der Waals surface area contributed by atoms with E-state index in [-0.39, 0.29) is 23.9 Å². The van der Waals surface area contributed by atoms with E-state index in [2.05, 4.69) is 25.3 Å². The molecule has 2 aromatic carbocycles. The van der Waals surface area contributed by atoms with Crippen molar-refractivity contribution in [1.82, 2.24) is 34.7 Å². The van der Waals surface area contributed by atoms with Crippen molar-refractivity contribution in [2.24, 2.45) is 7.05 Å². The molecule has 0 bridgehead atoms. The number of aryl methyl sites for hydroxylation is 1. The van der Waals surface area contributed by atoms with Crippen LogP contribution in [-0.4, -0.2) is 62.6 Å². The van der Waals surface area contributed by atoms with E-state index in [0.717, 1.165) is 17.6 Å². The summed E-state index contributed by atoms with van der Waals surface area (Å²) >= 11 is 0. The molecule has 5 aromatic rings. The second-order valence-electron chi connectivity index (χ2n) is 9.50. The maximum Gasteiger partial charge on any atom is 0.274 e. The van der Waals surface area contributed by atoms with Crippen LogP contribution in [-0.2, 0) is 13.6 Å². The molecule has 0 aliphatic rings. The predicted octanol–water partition coefficient (Wildman–Crippen LogP) is 3.68. The van der Waals surface area contributed by atoms with Gasteiger partial charge in [0.1, 0.15) is 23.9 Å². The number of carbonyl (C=O) groups excluding carboxylic acids is 1. The number of amides is 1. The Morgan fingerprint density at radius 1 is 1.05 bits per heavy atom. The van der Waals surface area contributed by atoms with Crippen LogP contribution >= 0.6 is 0 Å². The highest BCUT2D eigenvalue weighted by atomic mass is 19.1. The summed E-state index contributed by atoms with van der Waals surface area (Å²) in [6.07, 6.45) is 3.36. The van der Waals surface area contributed by atoms with Gasteiger partial charge in [0.15, 0.2) is 11.5 Å². The van der Waals surface area contributed by atoms with Crippen molar-refractivity contribution in [3.8, 4) is 28.3 Å². The summed E-state index contributed by atoms with van der Waals surface area (Å²) in [7, 11) is 5.82. The smallest absolute Gasteiger partial charge is 0.274 e. The second kappa shape index (κ2) is 11.5. The summed E-state index contributed by atoms with van der Waals surface area (Å²) in [5.74, 6) is -0.354. The number of nitrogens with two attached hydrogens (primary N) is 1. The quantitative estimate of drug-likeness (QED) is 0.290. The van der Waals surface area contributed by atoms with Gasteiger partial charge in [-0.1, -0.05) is 6.07 Å². The van der Waals surface area contributed by atoms with E-state index in [1.807, 2.05) is 54.9 Å². The molecule has 0 aliphatic heterocycles. The number of anilines is 1. The number of hydrogen-bond donors (Lipinski definition) is 2. The molecule has 11 heteroatoms. The van der Waals surface area contributed by atoms with Crippen LogP contribution in [0.3, 0.4) is 0 Å². The molecule has 204 valence electrons. The van der Waals surface area contributed by atoms with Crippen molar-refractivity contribution < 1.29 is 13.9 Å². The Kier molecular flexibility index (Phi) is 7.65. The molecule has 3 heterocycles. The third kappa shape index (κ3) is 5.74. The number of nitrogen functional groups attached to an aromatic ring is 1. The lowest BCUT2D eigenvalue weighted by atomic mass is 10.0. The van der Waals surface area contributed by atoms with Gasteiger partial charge in [-0.3, -0.25) is 9.78 Å². The molecular formula is C29H29FN8O2. The van der Waals surface area contributed by atoms with E-state index in [4.69, 9.17) is 10.5 Å². The maximum atomic E-state index is 13.7. The Morgan fingerprint density at radius 3 is 2.58 bits per heavy atom. The van der Waals surface area contributed by atoms with Crippen molar-refractivity contribution in [1.29, 1.82) is 0 Å². The van der Waals surface area contributed by atoms with Crippen LogP contribution in [0, 0.1) is 5.82 Å². The minimum Gasteiger partial charge on any atom is -0.490 e. The average molecular weight is 541 g/mol. The van der Waals surface area contributed by atoms with Gasteiger partial charge in [0.2, 0.25) is 0 Å². The lowest BCUT2D eigenvalue weighted by Gasteiger charge is -2.15. The minimum absolute atomic E-state index is 0.0306. The maximum absolute atomic E-state index is 13.7. The number of likely N-dealkylation sites (N-methyl/N-ethyl adjacent to an activating group) is 1. The summed E-state index contributed by atoms with van der Waals surface area (Å²) in [4.78, 5) is 33.3. The van der Waals surface area contributed by atoms with Gasteiger partial charge in [-0.25, -0.2) is 19.3 Å². The van der Waals surface area contributed by atoms with Crippen LogP contribution in [0.25, 0.3) is 33.5 Å². The van der Waals surface area contributed by atoms with E-state index in [9.17, 15) is 9.18 Å². The van der Waals surface area contributed by atoms with E-state index < -0.39 is 5.91 Å². The molecule has 0 spiro atoms. The van der Waals surface area contributed by atoms with Crippen LogP contribution in [0.4, 0.5) is 10.2 Å². The Labute approximate surface area is 230 Å². The van der Waals surface area contributed by atoms with Crippen LogP contribution in [0.2, 0.25) is 0 Å². The Bertz CT molecular complexity index is 1670. The number of ether oxygens (including phenoxy) is 1. The molecule has 1 amide bonds. The number of carbonyl (C=O) groups is 1. The first kappa shape index (κ1) is 26.7. The van der Waals surface area contributed by atoms with E-state index >= 15 is 0 Å². The molecule has 0 unspecified atom stereocenters.